The van der Waals surface area contributed by atoms with Crippen LogP contribution in [0.5, 0.6) is 0 Å². The average molecular weight is 143 g/mol. The molecule has 0 aromatic carbocycles. The fourth-order valence-electron chi connectivity index (χ4n) is 1.07. The van der Waals surface area contributed by atoms with Crippen LogP contribution in [0.2, 0.25) is 0 Å². The Labute approximate surface area is 59.1 Å². The molecule has 1 aliphatic heterocycles. The number of carbonyl (C=O) groups is 1. The molecule has 1 amide bonds. The first kappa shape index (κ1) is 7.25. The molecule has 0 bridgehead atoms. The smallest absolute Gasteiger partial charge is 0.258 e. The predicted molar refractivity (Wildman–Crippen MR) is 36.3 cm³/mol. The number of rotatable bonds is 2. The number of carbonyl (C=O) groups excluding carboxylic acids is 1. The van der Waals surface area contributed by atoms with Gasteiger partial charge in [0.25, 0.3) is 5.91 Å². The van der Waals surface area contributed by atoms with Gasteiger partial charge in [0.05, 0.1) is 0 Å². The van der Waals surface area contributed by atoms with E-state index >= 15 is 0 Å². The number of nitrogens with one attached hydrogen (secondary N) is 1. The van der Waals surface area contributed by atoms with Crippen LogP contribution in [0.1, 0.15) is 12.8 Å². The third kappa shape index (κ3) is 1.03. The maximum atomic E-state index is 13.2. The summed E-state index contributed by atoms with van der Waals surface area (Å²) in [4.78, 5) is 10.8. The van der Waals surface area contributed by atoms with E-state index in [0.29, 0.717) is 6.54 Å². The van der Waals surface area contributed by atoms with Crippen molar-refractivity contribution in [1.82, 2.24) is 5.32 Å². The molecular formula is C7H10FNO. The van der Waals surface area contributed by atoms with Crippen LogP contribution in [0.4, 0.5) is 4.39 Å². The Morgan fingerprint density at radius 2 is 2.60 bits per heavy atom. The summed E-state index contributed by atoms with van der Waals surface area (Å²) in [6.45, 7) is 3.83. The normalized spacial score (nSPS) is 31.9. The molecule has 10 heavy (non-hydrogen) atoms. The number of alkyl halides is 1. The van der Waals surface area contributed by atoms with E-state index in [9.17, 15) is 9.18 Å². The number of amides is 1. The molecule has 0 aromatic heterocycles. The molecule has 1 saturated heterocycles. The van der Waals surface area contributed by atoms with Gasteiger partial charge in [0.15, 0.2) is 5.67 Å². The average Bonchev–Trinajstić information content (AvgIpc) is 2.15. The van der Waals surface area contributed by atoms with Crippen molar-refractivity contribution >= 4 is 5.91 Å². The highest BCUT2D eigenvalue weighted by atomic mass is 19.1. The standard InChI is InChI=1S/C7H10FNO/c1-2-3-7(8)4-5-9-6(7)10/h2H,1,3-5H2,(H,9,10)/t7-/m0/s1. The number of hydrogen-bond donors (Lipinski definition) is 1. The highest BCUT2D eigenvalue weighted by molar-refractivity contribution is 5.87. The minimum absolute atomic E-state index is 0.124. The summed E-state index contributed by atoms with van der Waals surface area (Å²) < 4.78 is 13.2. The summed E-state index contributed by atoms with van der Waals surface area (Å²) in [5.74, 6) is -0.493. The van der Waals surface area contributed by atoms with Gasteiger partial charge in [-0.05, 0) is 0 Å². The van der Waals surface area contributed by atoms with Gasteiger partial charge in [-0.15, -0.1) is 6.58 Å². The number of hydrogen-bond acceptors (Lipinski definition) is 1. The molecule has 56 valence electrons. The summed E-state index contributed by atoms with van der Waals surface area (Å²) >= 11 is 0. The molecule has 0 spiro atoms. The second kappa shape index (κ2) is 2.40. The Hall–Kier alpha value is -0.860. The van der Waals surface area contributed by atoms with Crippen LogP contribution >= 0.6 is 0 Å². The Balaban J connectivity index is 2.65. The van der Waals surface area contributed by atoms with Crippen molar-refractivity contribution in [3.05, 3.63) is 12.7 Å². The van der Waals surface area contributed by atoms with E-state index < -0.39 is 11.6 Å². The molecule has 1 rings (SSSR count). The largest absolute Gasteiger partial charge is 0.353 e. The van der Waals surface area contributed by atoms with E-state index in [-0.39, 0.29) is 12.8 Å². The molecule has 1 fully saturated rings. The van der Waals surface area contributed by atoms with E-state index in [1.165, 1.54) is 6.08 Å². The molecule has 1 aliphatic rings. The maximum absolute atomic E-state index is 13.2. The van der Waals surface area contributed by atoms with Gasteiger partial charge in [0.2, 0.25) is 0 Å². The van der Waals surface area contributed by atoms with Gasteiger partial charge in [-0.3, -0.25) is 4.79 Å². The Morgan fingerprint density at radius 1 is 1.90 bits per heavy atom. The first-order chi connectivity index (χ1) is 4.69. The van der Waals surface area contributed by atoms with Crippen molar-refractivity contribution in [2.24, 2.45) is 0 Å². The second-order valence-corrected chi connectivity index (χ2v) is 2.46. The van der Waals surface area contributed by atoms with Crippen molar-refractivity contribution in [3.63, 3.8) is 0 Å². The fourth-order valence-corrected chi connectivity index (χ4v) is 1.07. The third-order valence-corrected chi connectivity index (χ3v) is 1.68. The van der Waals surface area contributed by atoms with Gasteiger partial charge in [-0.1, -0.05) is 6.08 Å². The summed E-state index contributed by atoms with van der Waals surface area (Å²) in [6, 6.07) is 0. The fraction of sp³-hybridized carbons (Fsp3) is 0.571. The molecule has 0 saturated carbocycles. The van der Waals surface area contributed by atoms with Crippen molar-refractivity contribution in [3.8, 4) is 0 Å². The van der Waals surface area contributed by atoms with Gasteiger partial charge < -0.3 is 5.32 Å². The van der Waals surface area contributed by atoms with Crippen LogP contribution in [-0.4, -0.2) is 18.1 Å². The minimum Gasteiger partial charge on any atom is -0.353 e. The summed E-state index contributed by atoms with van der Waals surface area (Å²) in [5.41, 5.74) is -1.66. The topological polar surface area (TPSA) is 29.1 Å². The van der Waals surface area contributed by atoms with Crippen LogP contribution in [0.25, 0.3) is 0 Å². The lowest BCUT2D eigenvalue weighted by Crippen LogP contribution is -2.32. The first-order valence-corrected chi connectivity index (χ1v) is 3.27. The van der Waals surface area contributed by atoms with E-state index in [4.69, 9.17) is 0 Å². The van der Waals surface area contributed by atoms with E-state index in [2.05, 4.69) is 11.9 Å². The van der Waals surface area contributed by atoms with E-state index in [1.54, 1.807) is 0 Å². The van der Waals surface area contributed by atoms with Gasteiger partial charge in [0, 0.05) is 19.4 Å². The Kier molecular flexibility index (Phi) is 1.74. The molecule has 0 unspecified atom stereocenters. The molecule has 1 heterocycles. The monoisotopic (exact) mass is 143 g/mol. The highest BCUT2D eigenvalue weighted by Crippen LogP contribution is 2.25. The highest BCUT2D eigenvalue weighted by Gasteiger charge is 2.41. The molecule has 1 N–H and O–H groups in total. The number of halogens is 1. The van der Waals surface area contributed by atoms with Crippen LogP contribution in [0.3, 0.4) is 0 Å². The summed E-state index contributed by atoms with van der Waals surface area (Å²) in [7, 11) is 0. The van der Waals surface area contributed by atoms with Gasteiger partial charge >= 0.3 is 0 Å². The van der Waals surface area contributed by atoms with Crippen molar-refractivity contribution < 1.29 is 9.18 Å². The van der Waals surface area contributed by atoms with Gasteiger partial charge in [0.1, 0.15) is 0 Å². The lowest BCUT2D eigenvalue weighted by atomic mass is 10.0. The first-order valence-electron chi connectivity index (χ1n) is 3.27. The van der Waals surface area contributed by atoms with Crippen LogP contribution < -0.4 is 5.32 Å². The molecule has 2 nitrogen and oxygen atoms in total. The van der Waals surface area contributed by atoms with Gasteiger partial charge in [-0.2, -0.15) is 0 Å². The third-order valence-electron chi connectivity index (χ3n) is 1.68. The number of allylic oxidation sites excluding steroid dienone is 1. The SMILES string of the molecule is C=CC[C@]1(F)CCNC1=O. The zero-order chi connectivity index (χ0) is 7.61. The van der Waals surface area contributed by atoms with E-state index in [0.717, 1.165) is 0 Å². The molecule has 3 heteroatoms. The van der Waals surface area contributed by atoms with Crippen LogP contribution in [-0.2, 0) is 4.79 Å². The lowest BCUT2D eigenvalue weighted by Gasteiger charge is -2.11. The predicted octanol–water partition coefficient (Wildman–Crippen LogP) is 0.791. The van der Waals surface area contributed by atoms with Crippen molar-refractivity contribution in [2.75, 3.05) is 6.54 Å². The Bertz CT molecular complexity index is 169. The Morgan fingerprint density at radius 3 is 3.00 bits per heavy atom. The van der Waals surface area contributed by atoms with E-state index in [1.807, 2.05) is 0 Å². The van der Waals surface area contributed by atoms with Crippen LogP contribution in [0.15, 0.2) is 12.7 Å². The molecular weight excluding hydrogens is 133 g/mol. The molecule has 0 aliphatic carbocycles. The zero-order valence-corrected chi connectivity index (χ0v) is 5.69. The van der Waals surface area contributed by atoms with Crippen molar-refractivity contribution in [2.45, 2.75) is 18.5 Å². The zero-order valence-electron chi connectivity index (χ0n) is 5.69. The summed E-state index contributed by atoms with van der Waals surface area (Å²) in [5, 5.41) is 2.43. The van der Waals surface area contributed by atoms with Crippen molar-refractivity contribution in [1.29, 1.82) is 0 Å². The quantitative estimate of drug-likeness (QED) is 0.569. The van der Waals surface area contributed by atoms with Gasteiger partial charge in [-0.25, -0.2) is 4.39 Å². The molecule has 1 atom stereocenters. The molecule has 0 aromatic rings. The lowest BCUT2D eigenvalue weighted by molar-refractivity contribution is -0.128. The summed E-state index contributed by atoms with van der Waals surface area (Å²) in [6.07, 6.45) is 1.83. The minimum atomic E-state index is -1.66. The second-order valence-electron chi connectivity index (χ2n) is 2.46. The molecule has 0 radical (unpaired) electrons. The maximum Gasteiger partial charge on any atom is 0.258 e. The van der Waals surface area contributed by atoms with Crippen LogP contribution in [0, 0.1) is 0 Å².